The van der Waals surface area contributed by atoms with Gasteiger partial charge in [0.05, 0.1) is 30.3 Å². The second-order valence-corrected chi connectivity index (χ2v) is 14.4. The molecule has 41 heavy (non-hydrogen) atoms. The highest BCUT2D eigenvalue weighted by Crippen LogP contribution is 2.19. The van der Waals surface area contributed by atoms with E-state index in [1.165, 1.54) is 83.5 Å². The van der Waals surface area contributed by atoms with E-state index >= 15 is 0 Å². The summed E-state index contributed by atoms with van der Waals surface area (Å²) >= 11 is 0. The summed E-state index contributed by atoms with van der Waals surface area (Å²) in [6.45, 7) is 0.584. The zero-order valence-corrected chi connectivity index (χ0v) is 27.5. The molecule has 0 bridgehead atoms. The van der Waals surface area contributed by atoms with Gasteiger partial charge < -0.3 is 24.9 Å². The Kier molecular flexibility index (Phi) is 21.2. The first-order chi connectivity index (χ1) is 20.1. The number of likely N-dealkylation sites (N-methyl/N-ethyl adjacent to an activating group) is 1. The smallest absolute Gasteiger partial charge is 0.273 e. The normalized spacial score (nSPS) is 12.8. The van der Waals surface area contributed by atoms with Crippen molar-refractivity contribution in [1.82, 2.24) is 0 Å². The van der Waals surface area contributed by atoms with Crippen LogP contribution >= 0.6 is 7.77 Å². The van der Waals surface area contributed by atoms with Crippen LogP contribution in [0.1, 0.15) is 129 Å². The van der Waals surface area contributed by atoms with Crippen LogP contribution in [0.2, 0.25) is 0 Å². The quantitative estimate of drug-likeness (QED) is 0.0587. The number of carbonyl (C=O) groups is 1. The van der Waals surface area contributed by atoms with Crippen LogP contribution in [0.15, 0.2) is 24.2 Å². The molecule has 7 heteroatoms. The molecule has 0 saturated carbocycles. The van der Waals surface area contributed by atoms with E-state index in [9.17, 15) is 14.8 Å². The van der Waals surface area contributed by atoms with E-state index in [-0.39, 0.29) is 18.0 Å². The molecule has 6 nitrogen and oxygen atoms in total. The maximum Gasteiger partial charge on any atom is 0.273 e. The second-order valence-electron chi connectivity index (χ2n) is 12.7. The van der Waals surface area contributed by atoms with Crippen LogP contribution in [0, 0.1) is 0 Å². The zero-order valence-electron chi connectivity index (χ0n) is 27.6. The lowest BCUT2D eigenvalue weighted by molar-refractivity contribution is -0.861. The summed E-state index contributed by atoms with van der Waals surface area (Å²) in [5.41, 5.74) is 1.91. The maximum absolute atomic E-state index is 12.1. The zero-order chi connectivity index (χ0) is 31.1. The number of aliphatic hydroxyl groups excluding tert-OH is 2. The van der Waals surface area contributed by atoms with Gasteiger partial charge in [-0.05, 0) is 56.2 Å². The third-order valence-electron chi connectivity index (χ3n) is 7.43. The number of quaternary nitrogens is 1. The molecule has 0 radical (unpaired) electrons. The number of hydrogen-bond acceptors (Lipinski definition) is 3. The van der Waals surface area contributed by atoms with Crippen molar-refractivity contribution in [3.05, 3.63) is 29.8 Å². The first-order valence-corrected chi connectivity index (χ1v) is 17.9. The fourth-order valence-corrected chi connectivity index (χ4v) is 6.34. The summed E-state index contributed by atoms with van der Waals surface area (Å²) in [6, 6.07) is 6.11. The Morgan fingerprint density at radius 1 is 0.805 bits per heavy atom. The molecule has 0 heterocycles. The van der Waals surface area contributed by atoms with Gasteiger partial charge in [-0.3, -0.25) is 4.79 Å². The topological polar surface area (TPSA) is 92.6 Å². The van der Waals surface area contributed by atoms with Crippen molar-refractivity contribution in [3.63, 3.8) is 0 Å². The molecule has 3 N–H and O–H groups in total. The number of hydrogen-bond donors (Lipinski definition) is 3. The molecule has 1 aromatic rings. The number of aryl methyl sites for hydroxylation is 1. The monoisotopic (exact) mass is 594 g/mol. The Morgan fingerprint density at radius 3 is 1.80 bits per heavy atom. The van der Waals surface area contributed by atoms with Gasteiger partial charge in [0.1, 0.15) is 6.16 Å². The summed E-state index contributed by atoms with van der Waals surface area (Å²) in [4.78, 5) is 24.0. The number of nitrogens with zero attached hydrogens (tertiary/aromatic N) is 1. The van der Waals surface area contributed by atoms with Gasteiger partial charge in [0.2, 0.25) is 5.91 Å². The average Bonchev–Trinajstić information content (AvgIpc) is 2.92. The molecule has 236 valence electrons. The first-order valence-electron chi connectivity index (χ1n) is 16.9. The van der Waals surface area contributed by atoms with Gasteiger partial charge in [-0.25, -0.2) is 0 Å². The van der Waals surface area contributed by atoms with Crippen molar-refractivity contribution < 1.29 is 25.8 Å². The van der Waals surface area contributed by atoms with Gasteiger partial charge in [0.25, 0.3) is 5.48 Å². The lowest BCUT2D eigenvalue weighted by atomic mass is 10.0. The van der Waals surface area contributed by atoms with E-state index < -0.39 is 7.77 Å². The van der Waals surface area contributed by atoms with E-state index in [0.29, 0.717) is 48.2 Å². The maximum atomic E-state index is 12.1. The molecule has 1 unspecified atom stereocenters. The molecule has 0 aliphatic rings. The van der Waals surface area contributed by atoms with Crippen molar-refractivity contribution in [2.45, 2.75) is 128 Å². The fourth-order valence-electron chi connectivity index (χ4n) is 4.99. The number of nitrogens with one attached hydrogen (secondary N) is 1. The number of anilines is 1. The molecule has 1 amide bonds. The predicted octanol–water partition coefficient (Wildman–Crippen LogP) is 7.54. The van der Waals surface area contributed by atoms with Crippen LogP contribution in [0.5, 0.6) is 0 Å². The number of unbranched alkanes of at least 4 members (excludes halogenated alkanes) is 16. The first kappa shape index (κ1) is 35.9. The van der Waals surface area contributed by atoms with E-state index in [2.05, 4.69) is 5.32 Å². The van der Waals surface area contributed by atoms with Crippen LogP contribution in [-0.2, 0) is 11.2 Å². The highest BCUT2D eigenvalue weighted by atomic mass is 31.1. The van der Waals surface area contributed by atoms with Crippen LogP contribution < -0.4 is 10.2 Å². The number of benzene rings is 1. The minimum absolute atomic E-state index is 0.0605. The Labute approximate surface area is 254 Å². The van der Waals surface area contributed by atoms with Gasteiger partial charge in [0.15, 0.2) is 6.54 Å². The molecule has 0 aliphatic carbocycles. The minimum atomic E-state index is -1.58. The molecule has 0 fully saturated rings. The average molecular weight is 595 g/mol. The van der Waals surface area contributed by atoms with Gasteiger partial charge in [-0.1, -0.05) is 95.6 Å². The molecule has 0 saturated heterocycles. The molecule has 1 rings (SSSR count). The fraction of sp³-hybridized carbons (Fsp3) is 0.765. The molecule has 1 aromatic carbocycles. The summed E-state index contributed by atoms with van der Waals surface area (Å²) in [7, 11) is 4.42. The minimum Gasteiger partial charge on any atom is -0.629 e. The van der Waals surface area contributed by atoms with E-state index in [1.54, 1.807) is 6.07 Å². The van der Waals surface area contributed by atoms with Crippen molar-refractivity contribution >= 4 is 24.8 Å². The van der Waals surface area contributed by atoms with Gasteiger partial charge in [0, 0.05) is 18.7 Å². The number of amides is 1. The predicted molar refractivity (Wildman–Crippen MR) is 175 cm³/mol. The Hall–Kier alpha value is -1.30. The Bertz CT molecular complexity index is 889. The molecule has 0 aromatic heterocycles. The van der Waals surface area contributed by atoms with Gasteiger partial charge >= 0.3 is 0 Å². The third kappa shape index (κ3) is 22.9. The summed E-state index contributed by atoms with van der Waals surface area (Å²) in [6.07, 6.45) is 23.4. The highest BCUT2D eigenvalue weighted by Gasteiger charge is 2.16. The van der Waals surface area contributed by atoms with Crippen molar-refractivity contribution in [2.75, 3.05) is 45.8 Å². The Morgan fingerprint density at radius 2 is 1.32 bits per heavy atom. The second kappa shape index (κ2) is 24.2. The largest absolute Gasteiger partial charge is 0.629 e. The molecule has 0 aliphatic heterocycles. The molecular weight excluding hydrogens is 531 g/mol. The SMILES string of the molecule is [2H]c1cc(NC(=O)CCCCO)ccc1CCCCCCCCCCCCCCCCCC[P+]([O-])=C(O)C[N+](C)(C)C. The van der Waals surface area contributed by atoms with Crippen LogP contribution in [0.25, 0.3) is 0 Å². The molecule has 1 atom stereocenters. The lowest BCUT2D eigenvalue weighted by Gasteiger charge is -2.22. The third-order valence-corrected chi connectivity index (χ3v) is 8.87. The number of rotatable bonds is 26. The molecule has 0 spiro atoms. The van der Waals surface area contributed by atoms with Crippen molar-refractivity contribution in [3.8, 4) is 0 Å². The number of carbonyl (C=O) groups excluding carboxylic acids is 1. The van der Waals surface area contributed by atoms with Crippen LogP contribution in [-0.4, -0.2) is 66.5 Å². The molecular formula is C34H62N2O4P+. The standard InChI is InChI=1S/C34H61N2O4P/c1-36(2,3)30-34(39)41(40)29-21-17-15-13-11-9-7-5-4-6-8-10-12-14-16-18-22-31-24-26-32(27-25-31)35-33(38)23-19-20-28-37/h24-27,37H,4-23,28-30H2,1-3H3,(H-,35,38,39)/p+1/i24D. The summed E-state index contributed by atoms with van der Waals surface area (Å²) < 4.78 is 8.88. The number of aliphatic hydroxyl groups is 2. The van der Waals surface area contributed by atoms with Crippen LogP contribution in [0.4, 0.5) is 5.69 Å². The van der Waals surface area contributed by atoms with E-state index in [4.69, 9.17) is 6.48 Å². The van der Waals surface area contributed by atoms with Gasteiger partial charge in [-0.15, -0.1) is 0 Å². The summed E-state index contributed by atoms with van der Waals surface area (Å²) in [5.74, 6) is -0.0605. The van der Waals surface area contributed by atoms with Crippen molar-refractivity contribution in [1.29, 1.82) is 0 Å². The van der Waals surface area contributed by atoms with Crippen molar-refractivity contribution in [2.24, 2.45) is 0 Å². The summed E-state index contributed by atoms with van der Waals surface area (Å²) in [5, 5.41) is 21.6. The Balaban J connectivity index is 1.92. The van der Waals surface area contributed by atoms with E-state index in [0.717, 1.165) is 31.2 Å². The highest BCUT2D eigenvalue weighted by molar-refractivity contribution is 7.51. The van der Waals surface area contributed by atoms with Crippen LogP contribution in [0.3, 0.4) is 0 Å². The van der Waals surface area contributed by atoms with E-state index in [1.807, 2.05) is 33.3 Å². The van der Waals surface area contributed by atoms with Gasteiger partial charge in [-0.2, -0.15) is 0 Å². The lowest BCUT2D eigenvalue weighted by Crippen LogP contribution is -2.39.